The predicted octanol–water partition coefficient (Wildman–Crippen LogP) is 5.84. The first-order chi connectivity index (χ1) is 13.0. The number of halogens is 2. The molecule has 1 aromatic heterocycles. The Morgan fingerprint density at radius 1 is 1.28 bits per heavy atom. The Kier molecular flexibility index (Phi) is 9.17. The van der Waals surface area contributed by atoms with E-state index in [-0.39, 0.29) is 18.0 Å². The Bertz CT molecular complexity index is 705. The highest BCUT2D eigenvalue weighted by molar-refractivity contribution is 9.10. The van der Waals surface area contributed by atoms with Crippen LogP contribution in [0.5, 0.6) is 0 Å². The van der Waals surface area contributed by atoms with Crippen LogP contribution in [0.1, 0.15) is 59.6 Å². The summed E-state index contributed by atoms with van der Waals surface area (Å²) in [6, 6.07) is 0. The van der Waals surface area contributed by atoms with Gasteiger partial charge in [0.25, 0.3) is 0 Å². The number of nitrogens with one attached hydrogen (secondary N) is 1. The molecule has 1 aromatic rings. The molecule has 0 saturated carbocycles. The largest absolute Gasteiger partial charge is 0.444 e. The molecular formula is C20H34BrClN2O4Si. The van der Waals surface area contributed by atoms with Crippen LogP contribution in [0.15, 0.2) is 16.9 Å². The average molecular weight is 510 g/mol. The van der Waals surface area contributed by atoms with E-state index in [1.165, 1.54) is 0 Å². The highest BCUT2D eigenvalue weighted by atomic mass is 79.9. The maximum absolute atomic E-state index is 12.1. The number of ether oxygens (including phenoxy) is 1. The van der Waals surface area contributed by atoms with Gasteiger partial charge in [-0.25, -0.2) is 4.79 Å². The van der Waals surface area contributed by atoms with Gasteiger partial charge in [0.1, 0.15) is 5.60 Å². The standard InChI is InChI=1S/C20H34BrClN2O4Si/c1-19(2,3)27-18(26)24-10-13(28-29(7,8)20(4,5)6)9-16(25)14-11-23-12-15(21)17(14)22/h11-13,16,25H,9-10H2,1-8H3,(H,24,26)/t13-,16-/m1/s1. The second-order valence-electron chi connectivity index (χ2n) is 9.66. The third-order valence-corrected chi connectivity index (χ3v) is 10.6. The fraction of sp³-hybridized carbons (Fsp3) is 0.700. The summed E-state index contributed by atoms with van der Waals surface area (Å²) in [4.78, 5) is 16.2. The number of aliphatic hydroxyl groups is 1. The number of pyridine rings is 1. The molecule has 0 saturated heterocycles. The van der Waals surface area contributed by atoms with Gasteiger partial charge in [0, 0.05) is 30.9 Å². The van der Waals surface area contributed by atoms with E-state index < -0.39 is 32.2 Å². The van der Waals surface area contributed by atoms with Gasteiger partial charge in [0.2, 0.25) is 0 Å². The highest BCUT2D eigenvalue weighted by Gasteiger charge is 2.39. The summed E-state index contributed by atoms with van der Waals surface area (Å²) in [5, 5.41) is 14.0. The molecule has 0 aliphatic heterocycles. The van der Waals surface area contributed by atoms with Crippen LogP contribution >= 0.6 is 27.5 Å². The molecule has 0 aliphatic carbocycles. The SMILES string of the molecule is CC(C)(C)OC(=O)NC[C@@H](C[C@@H](O)c1cncc(Br)c1Cl)O[Si](C)(C)C(C)(C)C. The number of rotatable bonds is 7. The van der Waals surface area contributed by atoms with Gasteiger partial charge in [-0.2, -0.15) is 0 Å². The number of amides is 1. The van der Waals surface area contributed by atoms with Crippen LogP contribution in [-0.4, -0.2) is 42.8 Å². The first-order valence-electron chi connectivity index (χ1n) is 9.65. The van der Waals surface area contributed by atoms with Crippen molar-refractivity contribution >= 4 is 41.9 Å². The number of carbonyl (C=O) groups is 1. The summed E-state index contributed by atoms with van der Waals surface area (Å²) in [6.45, 7) is 16.3. The molecule has 0 unspecified atom stereocenters. The van der Waals surface area contributed by atoms with Crippen molar-refractivity contribution in [2.45, 2.75) is 83.9 Å². The lowest BCUT2D eigenvalue weighted by molar-refractivity contribution is 0.0453. The minimum Gasteiger partial charge on any atom is -0.444 e. The zero-order chi connectivity index (χ0) is 22.6. The number of carbonyl (C=O) groups excluding carboxylic acids is 1. The minimum atomic E-state index is -2.14. The smallest absolute Gasteiger partial charge is 0.407 e. The molecule has 2 N–H and O–H groups in total. The molecule has 0 aliphatic rings. The number of alkyl carbamates (subject to hydrolysis) is 1. The first kappa shape index (κ1) is 26.4. The number of aliphatic hydroxyl groups excluding tert-OH is 1. The van der Waals surface area contributed by atoms with Crippen LogP contribution in [0, 0.1) is 0 Å². The molecule has 29 heavy (non-hydrogen) atoms. The molecule has 2 atom stereocenters. The fourth-order valence-corrected chi connectivity index (χ4v) is 4.26. The maximum atomic E-state index is 12.1. The molecule has 9 heteroatoms. The van der Waals surface area contributed by atoms with Gasteiger partial charge in [-0.3, -0.25) is 4.98 Å². The molecule has 166 valence electrons. The van der Waals surface area contributed by atoms with Crippen molar-refractivity contribution in [2.24, 2.45) is 0 Å². The molecule has 1 heterocycles. The second kappa shape index (κ2) is 10.1. The van der Waals surface area contributed by atoms with Crippen molar-refractivity contribution in [3.8, 4) is 0 Å². The summed E-state index contributed by atoms with van der Waals surface area (Å²) >= 11 is 9.64. The van der Waals surface area contributed by atoms with E-state index in [0.29, 0.717) is 15.1 Å². The monoisotopic (exact) mass is 508 g/mol. The number of hydrogen-bond acceptors (Lipinski definition) is 5. The summed E-state index contributed by atoms with van der Waals surface area (Å²) in [5.41, 5.74) is -0.0725. The van der Waals surface area contributed by atoms with Crippen molar-refractivity contribution in [1.29, 1.82) is 0 Å². The number of aromatic nitrogens is 1. The van der Waals surface area contributed by atoms with Crippen molar-refractivity contribution in [2.75, 3.05) is 6.54 Å². The van der Waals surface area contributed by atoms with Crippen molar-refractivity contribution in [3.63, 3.8) is 0 Å². The van der Waals surface area contributed by atoms with E-state index in [9.17, 15) is 9.90 Å². The van der Waals surface area contributed by atoms with Crippen molar-refractivity contribution < 1.29 is 19.1 Å². The van der Waals surface area contributed by atoms with E-state index in [2.05, 4.69) is 60.1 Å². The predicted molar refractivity (Wildman–Crippen MR) is 123 cm³/mol. The van der Waals surface area contributed by atoms with Crippen molar-refractivity contribution in [1.82, 2.24) is 10.3 Å². The Hall–Kier alpha value is -0.673. The van der Waals surface area contributed by atoms with Crippen LogP contribution in [0.3, 0.4) is 0 Å². The fourth-order valence-electron chi connectivity index (χ4n) is 2.32. The summed E-state index contributed by atoms with van der Waals surface area (Å²) in [6.07, 6.45) is 1.57. The van der Waals surface area contributed by atoms with E-state index in [4.69, 9.17) is 20.8 Å². The molecular weight excluding hydrogens is 476 g/mol. The van der Waals surface area contributed by atoms with E-state index in [1.807, 2.05) is 20.8 Å². The normalized spacial score (nSPS) is 15.0. The lowest BCUT2D eigenvalue weighted by Gasteiger charge is -2.40. The Labute approximate surface area is 189 Å². The van der Waals surface area contributed by atoms with Crippen molar-refractivity contribution in [3.05, 3.63) is 27.5 Å². The molecule has 6 nitrogen and oxygen atoms in total. The lowest BCUT2D eigenvalue weighted by atomic mass is 10.1. The third-order valence-electron chi connectivity index (χ3n) is 4.85. The zero-order valence-electron chi connectivity index (χ0n) is 18.6. The van der Waals surface area contributed by atoms with Gasteiger partial charge in [-0.05, 0) is 54.8 Å². The minimum absolute atomic E-state index is 0.0168. The number of hydrogen-bond donors (Lipinski definition) is 2. The van der Waals surface area contributed by atoms with Crippen LogP contribution in [0.25, 0.3) is 0 Å². The van der Waals surface area contributed by atoms with Gasteiger partial charge in [-0.1, -0.05) is 32.4 Å². The molecule has 0 aromatic carbocycles. The second-order valence-corrected chi connectivity index (χ2v) is 15.6. The first-order valence-corrected chi connectivity index (χ1v) is 13.7. The zero-order valence-corrected chi connectivity index (χ0v) is 21.9. The molecule has 0 fully saturated rings. The molecule has 0 spiro atoms. The average Bonchev–Trinajstić information content (AvgIpc) is 2.52. The van der Waals surface area contributed by atoms with E-state index in [1.54, 1.807) is 12.4 Å². The quantitative estimate of drug-likeness (QED) is 0.452. The summed E-state index contributed by atoms with van der Waals surface area (Å²) in [5.74, 6) is 0. The lowest BCUT2D eigenvalue weighted by Crippen LogP contribution is -2.47. The van der Waals surface area contributed by atoms with Gasteiger partial charge >= 0.3 is 6.09 Å². The Morgan fingerprint density at radius 2 is 1.86 bits per heavy atom. The van der Waals surface area contributed by atoms with Crippen LogP contribution < -0.4 is 5.32 Å². The molecule has 0 bridgehead atoms. The summed E-state index contributed by atoms with van der Waals surface area (Å²) in [7, 11) is -2.14. The topological polar surface area (TPSA) is 80.7 Å². The number of nitrogens with zero attached hydrogens (tertiary/aromatic N) is 1. The van der Waals surface area contributed by atoms with Crippen LogP contribution in [0.2, 0.25) is 23.2 Å². The Balaban J connectivity index is 2.97. The molecule has 0 radical (unpaired) electrons. The van der Waals surface area contributed by atoms with Gasteiger partial charge in [-0.15, -0.1) is 0 Å². The molecule has 1 rings (SSSR count). The van der Waals surface area contributed by atoms with E-state index in [0.717, 1.165) is 0 Å². The van der Waals surface area contributed by atoms with Crippen LogP contribution in [-0.2, 0) is 9.16 Å². The van der Waals surface area contributed by atoms with Gasteiger partial charge in [0.05, 0.1) is 21.7 Å². The summed E-state index contributed by atoms with van der Waals surface area (Å²) < 4.78 is 12.4. The third kappa shape index (κ3) is 8.53. The highest BCUT2D eigenvalue weighted by Crippen LogP contribution is 2.39. The maximum Gasteiger partial charge on any atom is 0.407 e. The van der Waals surface area contributed by atoms with E-state index >= 15 is 0 Å². The van der Waals surface area contributed by atoms with Crippen LogP contribution in [0.4, 0.5) is 4.79 Å². The Morgan fingerprint density at radius 3 is 2.38 bits per heavy atom. The van der Waals surface area contributed by atoms with Gasteiger partial charge < -0.3 is 19.6 Å². The molecule has 1 amide bonds. The van der Waals surface area contributed by atoms with Gasteiger partial charge in [0.15, 0.2) is 8.32 Å².